The van der Waals surface area contributed by atoms with Crippen LogP contribution >= 0.6 is 0 Å². The largest absolute Gasteiger partial charge is 0.484 e. The van der Waals surface area contributed by atoms with Gasteiger partial charge < -0.3 is 15.4 Å². The summed E-state index contributed by atoms with van der Waals surface area (Å²) in [5.74, 6) is 0.641. The summed E-state index contributed by atoms with van der Waals surface area (Å²) in [5, 5.41) is 0. The molecule has 0 saturated carbocycles. The molecule has 0 aromatic heterocycles. The van der Waals surface area contributed by atoms with Crippen LogP contribution in [0, 0.1) is 0 Å². The first-order valence-electron chi connectivity index (χ1n) is 7.24. The van der Waals surface area contributed by atoms with Gasteiger partial charge in [-0.05, 0) is 38.6 Å². The molecule has 0 bridgehead atoms. The zero-order chi connectivity index (χ0) is 15.6. The number of anilines is 1. The molecule has 2 rings (SSSR count). The molecule has 0 aliphatic carbocycles. The zero-order valence-corrected chi connectivity index (χ0v) is 12.8. The molecule has 0 atom stereocenters. The molecular weight excluding hydrogens is 268 g/mol. The highest BCUT2D eigenvalue weighted by atomic mass is 16.5. The Morgan fingerprint density at radius 1 is 1.38 bits per heavy atom. The van der Waals surface area contributed by atoms with Crippen molar-refractivity contribution in [2.45, 2.75) is 39.2 Å². The van der Waals surface area contributed by atoms with E-state index in [0.717, 1.165) is 0 Å². The molecule has 0 fully saturated rings. The van der Waals surface area contributed by atoms with Crippen LogP contribution in [0.3, 0.4) is 0 Å². The summed E-state index contributed by atoms with van der Waals surface area (Å²) >= 11 is 0. The Kier molecular flexibility index (Phi) is 4.32. The van der Waals surface area contributed by atoms with Crippen molar-refractivity contribution in [3.05, 3.63) is 23.8 Å². The van der Waals surface area contributed by atoms with Gasteiger partial charge in [-0.1, -0.05) is 6.92 Å². The monoisotopic (exact) mass is 290 g/mol. The maximum atomic E-state index is 12.2. The van der Waals surface area contributed by atoms with Crippen LogP contribution in [-0.4, -0.2) is 30.4 Å². The van der Waals surface area contributed by atoms with Gasteiger partial charge in [0.15, 0.2) is 5.78 Å². The van der Waals surface area contributed by atoms with Crippen LogP contribution in [0.5, 0.6) is 5.75 Å². The average molecular weight is 290 g/mol. The van der Waals surface area contributed by atoms with Crippen molar-refractivity contribution in [3.8, 4) is 5.75 Å². The smallest absolute Gasteiger partial charge is 0.226 e. The number of hydrogen-bond acceptors (Lipinski definition) is 4. The van der Waals surface area contributed by atoms with Gasteiger partial charge in [0, 0.05) is 18.4 Å². The highest BCUT2D eigenvalue weighted by Crippen LogP contribution is 2.38. The SMILES string of the molecule is CCC(=O)N1CC(C)(C)Oc2ccc(C(=O)CCN)cc21. The summed E-state index contributed by atoms with van der Waals surface area (Å²) in [6.45, 7) is 6.50. The fourth-order valence-corrected chi connectivity index (χ4v) is 2.47. The van der Waals surface area contributed by atoms with E-state index in [-0.39, 0.29) is 11.7 Å². The number of rotatable bonds is 4. The van der Waals surface area contributed by atoms with Crippen molar-refractivity contribution < 1.29 is 14.3 Å². The van der Waals surface area contributed by atoms with Crippen molar-refractivity contribution in [1.29, 1.82) is 0 Å². The number of ether oxygens (including phenoxy) is 1. The Bertz CT molecular complexity index is 567. The summed E-state index contributed by atoms with van der Waals surface area (Å²) < 4.78 is 5.91. The lowest BCUT2D eigenvalue weighted by Crippen LogP contribution is -2.49. The van der Waals surface area contributed by atoms with Gasteiger partial charge >= 0.3 is 0 Å². The number of Topliss-reactive ketones (excluding diaryl/α,β-unsaturated/α-hetero) is 1. The second-order valence-corrected chi connectivity index (χ2v) is 5.84. The molecule has 0 spiro atoms. The van der Waals surface area contributed by atoms with E-state index in [1.54, 1.807) is 23.1 Å². The van der Waals surface area contributed by atoms with Crippen LogP contribution in [0.4, 0.5) is 5.69 Å². The van der Waals surface area contributed by atoms with Crippen LogP contribution in [0.2, 0.25) is 0 Å². The topological polar surface area (TPSA) is 72.6 Å². The minimum atomic E-state index is -0.444. The van der Waals surface area contributed by atoms with Crippen LogP contribution in [0.25, 0.3) is 0 Å². The number of carbonyl (C=O) groups is 2. The number of nitrogens with zero attached hydrogens (tertiary/aromatic N) is 1. The predicted octanol–water partition coefficient (Wildman–Crippen LogP) is 2.13. The van der Waals surface area contributed by atoms with E-state index in [1.165, 1.54) is 0 Å². The molecule has 1 aliphatic heterocycles. The molecule has 0 unspecified atom stereocenters. The molecule has 1 amide bonds. The maximum absolute atomic E-state index is 12.2. The van der Waals surface area contributed by atoms with E-state index < -0.39 is 5.60 Å². The van der Waals surface area contributed by atoms with Gasteiger partial charge in [0.05, 0.1) is 12.2 Å². The van der Waals surface area contributed by atoms with Gasteiger partial charge in [-0.15, -0.1) is 0 Å². The molecule has 21 heavy (non-hydrogen) atoms. The molecule has 114 valence electrons. The Balaban J connectivity index is 2.43. The molecular formula is C16H22N2O3. The highest BCUT2D eigenvalue weighted by Gasteiger charge is 2.34. The lowest BCUT2D eigenvalue weighted by Gasteiger charge is -2.39. The number of nitrogens with two attached hydrogens (primary N) is 1. The van der Waals surface area contributed by atoms with Crippen LogP contribution in [0.15, 0.2) is 18.2 Å². The van der Waals surface area contributed by atoms with Crippen molar-refractivity contribution in [2.75, 3.05) is 18.0 Å². The van der Waals surface area contributed by atoms with Gasteiger partial charge in [0.1, 0.15) is 11.4 Å². The van der Waals surface area contributed by atoms with E-state index >= 15 is 0 Å². The van der Waals surface area contributed by atoms with Gasteiger partial charge in [-0.3, -0.25) is 9.59 Å². The van der Waals surface area contributed by atoms with E-state index in [9.17, 15) is 9.59 Å². The number of hydrogen-bond donors (Lipinski definition) is 1. The van der Waals surface area contributed by atoms with E-state index in [1.807, 2.05) is 20.8 Å². The highest BCUT2D eigenvalue weighted by molar-refractivity contribution is 6.00. The molecule has 2 N–H and O–H groups in total. The van der Waals surface area contributed by atoms with Crippen LogP contribution in [0.1, 0.15) is 44.0 Å². The summed E-state index contributed by atoms with van der Waals surface area (Å²) in [7, 11) is 0. The number of fused-ring (bicyclic) bond motifs is 1. The third kappa shape index (κ3) is 3.24. The lowest BCUT2D eigenvalue weighted by molar-refractivity contribution is -0.119. The van der Waals surface area contributed by atoms with Gasteiger partial charge in [0.2, 0.25) is 5.91 Å². The first-order chi connectivity index (χ1) is 9.88. The zero-order valence-electron chi connectivity index (χ0n) is 12.8. The minimum absolute atomic E-state index is 0.0194. The van der Waals surface area contributed by atoms with Crippen molar-refractivity contribution >= 4 is 17.4 Å². The molecule has 1 aromatic carbocycles. The summed E-state index contributed by atoms with van der Waals surface area (Å²) in [6, 6.07) is 5.22. The van der Waals surface area contributed by atoms with Gasteiger partial charge in [-0.25, -0.2) is 0 Å². The second kappa shape index (κ2) is 5.85. The van der Waals surface area contributed by atoms with E-state index in [0.29, 0.717) is 42.9 Å². The quantitative estimate of drug-likeness (QED) is 0.862. The van der Waals surface area contributed by atoms with Gasteiger partial charge in [-0.2, -0.15) is 0 Å². The Morgan fingerprint density at radius 2 is 2.10 bits per heavy atom. The lowest BCUT2D eigenvalue weighted by atomic mass is 10.0. The number of ketones is 1. The standard InChI is InChI=1S/C16H22N2O3/c1-4-15(20)18-10-16(2,3)21-14-6-5-11(9-12(14)18)13(19)7-8-17/h5-6,9H,4,7-8,10,17H2,1-3H3. The van der Waals surface area contributed by atoms with E-state index in [2.05, 4.69) is 0 Å². The summed E-state index contributed by atoms with van der Waals surface area (Å²) in [6.07, 6.45) is 0.712. The van der Waals surface area contributed by atoms with Crippen LogP contribution < -0.4 is 15.4 Å². The minimum Gasteiger partial charge on any atom is -0.484 e. The first-order valence-corrected chi connectivity index (χ1v) is 7.24. The average Bonchev–Trinajstić information content (AvgIpc) is 2.44. The maximum Gasteiger partial charge on any atom is 0.226 e. The Labute approximate surface area is 125 Å². The Hall–Kier alpha value is -1.88. The fourth-order valence-electron chi connectivity index (χ4n) is 2.47. The summed E-state index contributed by atoms with van der Waals surface area (Å²) in [4.78, 5) is 25.9. The predicted molar refractivity (Wildman–Crippen MR) is 81.8 cm³/mol. The molecule has 1 heterocycles. The van der Waals surface area contributed by atoms with Crippen LogP contribution in [-0.2, 0) is 4.79 Å². The number of benzene rings is 1. The van der Waals surface area contributed by atoms with E-state index in [4.69, 9.17) is 10.5 Å². The molecule has 0 radical (unpaired) electrons. The van der Waals surface area contributed by atoms with Crippen molar-refractivity contribution in [2.24, 2.45) is 5.73 Å². The first kappa shape index (κ1) is 15.5. The molecule has 1 aromatic rings. The molecule has 5 nitrogen and oxygen atoms in total. The molecule has 0 saturated heterocycles. The number of carbonyl (C=O) groups excluding carboxylic acids is 2. The fraction of sp³-hybridized carbons (Fsp3) is 0.500. The van der Waals surface area contributed by atoms with Gasteiger partial charge in [0.25, 0.3) is 0 Å². The molecule has 5 heteroatoms. The molecule has 1 aliphatic rings. The van der Waals surface area contributed by atoms with Crippen molar-refractivity contribution in [1.82, 2.24) is 0 Å². The normalized spacial score (nSPS) is 16.1. The Morgan fingerprint density at radius 3 is 2.71 bits per heavy atom. The third-order valence-electron chi connectivity index (χ3n) is 3.47. The van der Waals surface area contributed by atoms with Crippen molar-refractivity contribution in [3.63, 3.8) is 0 Å². The third-order valence-corrected chi connectivity index (χ3v) is 3.47. The summed E-state index contributed by atoms with van der Waals surface area (Å²) in [5.41, 5.74) is 6.22. The second-order valence-electron chi connectivity index (χ2n) is 5.84. The number of amides is 1.